The molecule has 0 aliphatic carbocycles. The summed E-state index contributed by atoms with van der Waals surface area (Å²) in [6.45, 7) is 26.2. The molecule has 0 bridgehead atoms. The van der Waals surface area contributed by atoms with Gasteiger partial charge in [-0.3, -0.25) is 0 Å². The van der Waals surface area contributed by atoms with Crippen molar-refractivity contribution in [2.24, 2.45) is 0 Å². The Kier molecular flexibility index (Phi) is 92.3. The molecule has 0 aromatic heterocycles. The predicted molar refractivity (Wildman–Crippen MR) is 504 cm³/mol. The normalized spacial score (nSPS) is 11.6. The molecule has 0 aliphatic heterocycles. The van der Waals surface area contributed by atoms with Crippen LogP contribution in [0.5, 0.6) is 0 Å². The van der Waals surface area contributed by atoms with Crippen molar-refractivity contribution >= 4 is 23.6 Å². The molecule has 0 N–H and O–H groups in total. The minimum atomic E-state index is 0. The van der Waals surface area contributed by atoms with Gasteiger partial charge < -0.3 is 19.4 Å². The van der Waals surface area contributed by atoms with Gasteiger partial charge >= 0.3 is 22.4 Å². The number of rotatable bonds is 81. The fourth-order valence-electron chi connectivity index (χ4n) is 16.1. The predicted octanol–water partition coefficient (Wildman–Crippen LogP) is 38.9. The Morgan fingerprint density at radius 2 is 0.523 bits per heavy atom. The summed E-state index contributed by atoms with van der Waals surface area (Å²) < 4.78 is 0. The van der Waals surface area contributed by atoms with Crippen molar-refractivity contribution in [3.05, 3.63) is 112 Å². The van der Waals surface area contributed by atoms with Gasteiger partial charge in [0.15, 0.2) is 0 Å². The quantitative estimate of drug-likeness (QED) is 0.0120. The van der Waals surface area contributed by atoms with E-state index in [0.717, 1.165) is 76.2 Å². The molecule has 0 amide bonds. The molecule has 0 fully saturated rings. The number of allylic oxidation sites excluding steroid dienone is 4. The van der Waals surface area contributed by atoms with Crippen LogP contribution in [0.4, 0.5) is 0 Å². The Morgan fingerprint density at radius 1 is 0.279 bits per heavy atom. The van der Waals surface area contributed by atoms with E-state index < -0.39 is 0 Å². The summed E-state index contributed by atoms with van der Waals surface area (Å²) in [5.74, 6) is 3.22. The average molecular weight is 1580 g/mol. The summed E-state index contributed by atoms with van der Waals surface area (Å²) in [6.07, 6.45) is 115. The maximum Gasteiger partial charge on any atom is 2.00 e. The topological polar surface area (TPSA) is 36.4 Å². The zero-order chi connectivity index (χ0) is 79.8. The Morgan fingerprint density at radius 3 is 0.784 bits per heavy atom. The second-order valence-electron chi connectivity index (χ2n) is 34.5. The van der Waals surface area contributed by atoms with E-state index in [-0.39, 0.29) is 16.5 Å². The Bertz CT molecular complexity index is 2220. The first-order valence-electron chi connectivity index (χ1n) is 50.3. The Hall–Kier alpha value is -2.69. The van der Waals surface area contributed by atoms with Gasteiger partial charge in [0.25, 0.3) is 0 Å². The van der Waals surface area contributed by atoms with E-state index >= 15 is 0 Å². The van der Waals surface area contributed by atoms with Crippen LogP contribution in [0.1, 0.15) is 577 Å². The Labute approximate surface area is 708 Å². The van der Waals surface area contributed by atoms with E-state index in [1.54, 1.807) is 0 Å². The van der Waals surface area contributed by atoms with Crippen molar-refractivity contribution < 1.29 is 21.3 Å². The van der Waals surface area contributed by atoms with E-state index in [9.17, 15) is 5.53 Å². The number of unbranched alkanes of at least 4 members (excludes halogenated alkanes) is 66. The number of nitrogens with zero attached hydrogens (tertiary/aromatic N) is 2. The van der Waals surface area contributed by atoms with Crippen LogP contribution in [0.2, 0.25) is 0 Å². The van der Waals surface area contributed by atoms with Gasteiger partial charge in [0, 0.05) is 0 Å². The van der Waals surface area contributed by atoms with E-state index in [1.165, 1.54) is 475 Å². The van der Waals surface area contributed by atoms with Gasteiger partial charge in [-0.05, 0) is 140 Å². The number of hydrogen-bond acceptors (Lipinski definition) is 0. The number of aryl methyl sites for hydroxylation is 2. The summed E-state index contributed by atoms with van der Waals surface area (Å²) in [7, 11) is 0. The van der Waals surface area contributed by atoms with Crippen molar-refractivity contribution in [2.45, 2.75) is 556 Å². The van der Waals surface area contributed by atoms with E-state index in [2.05, 4.69) is 141 Å². The summed E-state index contributed by atoms with van der Waals surface area (Å²) in [6, 6.07) is 14.9. The maximum absolute atomic E-state index is 10.3. The third kappa shape index (κ3) is 74.6. The van der Waals surface area contributed by atoms with Gasteiger partial charge in [0.05, 0.1) is 5.57 Å². The van der Waals surface area contributed by atoms with Gasteiger partial charge in [-0.1, -0.05) is 509 Å². The molecule has 2 rings (SSSR count). The van der Waals surface area contributed by atoms with Gasteiger partial charge in [-0.2, -0.15) is 12.8 Å². The van der Waals surface area contributed by atoms with Crippen LogP contribution in [-0.4, -0.2) is 10.7 Å². The zero-order valence-corrected chi connectivity index (χ0v) is 77.5. The minimum Gasteiger partial charge on any atom is -0.348 e. The minimum absolute atomic E-state index is 0. The van der Waals surface area contributed by atoms with Gasteiger partial charge in [0.1, 0.15) is 0 Å². The molecule has 0 heterocycles. The van der Waals surface area contributed by atoms with Gasteiger partial charge in [0.2, 0.25) is 0 Å². The van der Waals surface area contributed by atoms with Crippen molar-refractivity contribution in [3.63, 3.8) is 0 Å². The molecule has 0 aliphatic rings. The molecule has 646 valence electrons. The largest absolute Gasteiger partial charge is 2.00 e. The van der Waals surface area contributed by atoms with Crippen molar-refractivity contribution in [1.82, 2.24) is 0 Å². The average Bonchev–Trinajstić information content (AvgIpc) is 0.787. The third-order valence-electron chi connectivity index (χ3n) is 23.4. The molecular weight excluding hydrogens is 1380 g/mol. The first-order chi connectivity index (χ1) is 54.4. The second kappa shape index (κ2) is 92.8. The molecule has 111 heavy (non-hydrogen) atoms. The number of benzene rings is 2. The summed E-state index contributed by atoms with van der Waals surface area (Å²) in [5, 5.41) is 0. The molecule has 0 unspecified atom stereocenters. The molecule has 2 nitrogen and oxygen atoms in total. The fraction of sp³-hybridized carbons (Fsp3) is 0.796. The van der Waals surface area contributed by atoms with Crippen molar-refractivity contribution in [3.8, 4) is 0 Å². The SMILES string of the molecule is CCCCCCCCCCCCCCCC=Cc1cc(C=CCCCCCCCCCCCCCCC)cc(C(=C(CCCC)C(=C=[N+]=[N-])CCCCCCCC)c2cc(CCCC)cc(CCCC)c2)c1.[CH2-]CCCCCCCCCCCCCCCCCC.[CH2-]CCCCCCCCCCCCCCCCCC.[Ni+2]. The molecule has 3 heteroatoms. The summed E-state index contributed by atoms with van der Waals surface area (Å²) >= 11 is 0. The first kappa shape index (κ1) is 110. The van der Waals surface area contributed by atoms with Crippen LogP contribution < -0.4 is 0 Å². The molecule has 2 aromatic rings. The van der Waals surface area contributed by atoms with Crippen LogP contribution in [-0.2, 0) is 29.3 Å². The maximum atomic E-state index is 10.3. The van der Waals surface area contributed by atoms with Crippen LogP contribution in [0.3, 0.4) is 0 Å². The summed E-state index contributed by atoms with van der Waals surface area (Å²) in [4.78, 5) is 3.68. The van der Waals surface area contributed by atoms with E-state index in [0.29, 0.717) is 0 Å². The monoisotopic (exact) mass is 1580 g/mol. The van der Waals surface area contributed by atoms with Crippen LogP contribution in [0.15, 0.2) is 59.7 Å². The van der Waals surface area contributed by atoms with Crippen LogP contribution in [0.25, 0.3) is 23.3 Å². The smallest absolute Gasteiger partial charge is 0.348 e. The molecule has 0 saturated carbocycles. The molecular formula is C108H194N2Ni. The third-order valence-corrected chi connectivity index (χ3v) is 23.4. The van der Waals surface area contributed by atoms with Crippen molar-refractivity contribution in [1.29, 1.82) is 0 Å². The molecule has 0 spiro atoms. The zero-order valence-electron chi connectivity index (χ0n) is 76.6. The molecule has 0 radical (unpaired) electrons. The second-order valence-corrected chi connectivity index (χ2v) is 34.5. The molecule has 0 saturated heterocycles. The van der Waals surface area contributed by atoms with E-state index in [1.807, 2.05) is 0 Å². The number of hydrogen-bond donors (Lipinski definition) is 0. The summed E-state index contributed by atoms with van der Waals surface area (Å²) in [5.41, 5.74) is 22.1. The van der Waals surface area contributed by atoms with Crippen LogP contribution in [0, 0.1) is 13.8 Å². The van der Waals surface area contributed by atoms with E-state index in [4.69, 9.17) is 0 Å². The molecule has 2 aromatic carbocycles. The standard InChI is InChI=1S/C70H116N2.2C19H39.Ni/c1-7-13-19-22-25-27-29-31-33-35-37-39-41-43-46-51-64-56-65(52-47-44-42-40-38-36-34-32-30-28-26-23-20-14-8-2)60-68(59-64)70(67-57-62(49-16-10-4)55-63(58-67)50-17-11-5)69(54-18-12-6)66(61-72-71)53-48-45-24-21-15-9-3;2*1-3-5-7-9-11-13-15-17-19-18-16-14-12-10-8-6-4-2;/h46-47,51-52,55-60H,7-45,48-50,53-54H2,1-6H3;2*1,3-19H2,2H3;/q;2*-1;+2. The fourth-order valence-corrected chi connectivity index (χ4v) is 16.1. The van der Waals surface area contributed by atoms with Gasteiger partial charge in [-0.15, -0.1) is 4.79 Å². The van der Waals surface area contributed by atoms with Crippen molar-refractivity contribution in [2.75, 3.05) is 0 Å². The Balaban J connectivity index is 0. The van der Waals surface area contributed by atoms with Crippen LogP contribution >= 0.6 is 0 Å². The first-order valence-corrected chi connectivity index (χ1v) is 50.3. The van der Waals surface area contributed by atoms with Gasteiger partial charge in [-0.25, -0.2) is 0 Å². The molecule has 0 atom stereocenters.